The normalized spacial score (nSPS) is 20.0. The summed E-state index contributed by atoms with van der Waals surface area (Å²) in [6, 6.07) is 3.66. The van der Waals surface area contributed by atoms with Gasteiger partial charge in [-0.1, -0.05) is 6.92 Å². The maximum Gasteiger partial charge on any atom is 0.238 e. The van der Waals surface area contributed by atoms with Crippen LogP contribution in [0.5, 0.6) is 0 Å². The SMILES string of the molecule is CC1(c2cc(F)c(-c3cc(F)c4cnc(N)nn34)c(F)c2)CC1.OC1CCCOC1. The Kier molecular flexibility index (Phi) is 5.42. The molecular formula is C21H23F3N4O2. The summed E-state index contributed by atoms with van der Waals surface area (Å²) in [5, 5.41) is 12.6. The molecular weight excluding hydrogens is 397 g/mol. The second-order valence-corrected chi connectivity index (χ2v) is 8.04. The molecule has 1 aliphatic heterocycles. The van der Waals surface area contributed by atoms with Crippen molar-refractivity contribution in [2.75, 3.05) is 18.9 Å². The quantitative estimate of drug-likeness (QED) is 0.662. The average molecular weight is 420 g/mol. The third-order valence-corrected chi connectivity index (χ3v) is 5.62. The second-order valence-electron chi connectivity index (χ2n) is 8.04. The van der Waals surface area contributed by atoms with Gasteiger partial charge in [-0.15, -0.1) is 5.10 Å². The van der Waals surface area contributed by atoms with Crippen molar-refractivity contribution in [3.8, 4) is 11.3 Å². The number of benzene rings is 1. The summed E-state index contributed by atoms with van der Waals surface area (Å²) in [5.41, 5.74) is 5.59. The zero-order chi connectivity index (χ0) is 21.5. The summed E-state index contributed by atoms with van der Waals surface area (Å²) < 4.78 is 49.1. The van der Waals surface area contributed by atoms with Gasteiger partial charge in [0.15, 0.2) is 5.82 Å². The molecule has 30 heavy (non-hydrogen) atoms. The number of nitrogen functional groups attached to an aromatic ring is 1. The predicted molar refractivity (Wildman–Crippen MR) is 105 cm³/mol. The lowest BCUT2D eigenvalue weighted by Crippen LogP contribution is -2.21. The number of fused-ring (bicyclic) bond motifs is 1. The van der Waals surface area contributed by atoms with Crippen molar-refractivity contribution in [3.05, 3.63) is 47.4 Å². The van der Waals surface area contributed by atoms with Gasteiger partial charge >= 0.3 is 0 Å². The van der Waals surface area contributed by atoms with Crippen LogP contribution in [0.2, 0.25) is 0 Å². The molecule has 2 aliphatic rings. The van der Waals surface area contributed by atoms with Gasteiger partial charge < -0.3 is 15.6 Å². The minimum Gasteiger partial charge on any atom is -0.391 e. The molecule has 1 aliphatic carbocycles. The molecule has 2 fully saturated rings. The van der Waals surface area contributed by atoms with Crippen molar-refractivity contribution in [2.24, 2.45) is 0 Å². The number of anilines is 1. The Hall–Kier alpha value is -2.65. The van der Waals surface area contributed by atoms with E-state index in [4.69, 9.17) is 15.6 Å². The van der Waals surface area contributed by atoms with E-state index in [9.17, 15) is 13.2 Å². The molecule has 1 saturated heterocycles. The molecule has 3 N–H and O–H groups in total. The Morgan fingerprint density at radius 3 is 2.40 bits per heavy atom. The Bertz CT molecular complexity index is 1050. The molecule has 1 saturated carbocycles. The van der Waals surface area contributed by atoms with Gasteiger partial charge in [0.25, 0.3) is 0 Å². The molecule has 2 aromatic heterocycles. The van der Waals surface area contributed by atoms with Crippen molar-refractivity contribution < 1.29 is 23.0 Å². The smallest absolute Gasteiger partial charge is 0.238 e. The Labute approximate surface area is 171 Å². The molecule has 1 aromatic carbocycles. The molecule has 6 nitrogen and oxygen atoms in total. The number of nitrogens with zero attached hydrogens (tertiary/aromatic N) is 3. The first-order valence-electron chi connectivity index (χ1n) is 9.84. The molecule has 1 unspecified atom stereocenters. The highest BCUT2D eigenvalue weighted by molar-refractivity contribution is 5.68. The number of aliphatic hydroxyl groups is 1. The van der Waals surface area contributed by atoms with Gasteiger partial charge in [-0.05, 0) is 48.8 Å². The van der Waals surface area contributed by atoms with Crippen LogP contribution in [0.4, 0.5) is 19.1 Å². The van der Waals surface area contributed by atoms with Crippen molar-refractivity contribution in [1.29, 1.82) is 0 Å². The minimum absolute atomic E-state index is 0.00577. The summed E-state index contributed by atoms with van der Waals surface area (Å²) in [6.45, 7) is 3.33. The Morgan fingerprint density at radius 1 is 1.17 bits per heavy atom. The fourth-order valence-corrected chi connectivity index (χ4v) is 3.51. The number of nitrogens with two attached hydrogens (primary N) is 1. The van der Waals surface area contributed by atoms with Crippen LogP contribution in [-0.2, 0) is 10.2 Å². The summed E-state index contributed by atoms with van der Waals surface area (Å²) >= 11 is 0. The zero-order valence-corrected chi connectivity index (χ0v) is 16.5. The van der Waals surface area contributed by atoms with Crippen molar-refractivity contribution >= 4 is 11.5 Å². The number of hydrogen-bond donors (Lipinski definition) is 2. The van der Waals surface area contributed by atoms with Crippen LogP contribution in [0, 0.1) is 17.5 Å². The molecule has 1 atom stereocenters. The zero-order valence-electron chi connectivity index (χ0n) is 16.5. The monoisotopic (exact) mass is 420 g/mol. The lowest BCUT2D eigenvalue weighted by atomic mass is 9.96. The number of hydrogen-bond acceptors (Lipinski definition) is 5. The van der Waals surface area contributed by atoms with E-state index in [-0.39, 0.29) is 34.2 Å². The highest BCUT2D eigenvalue weighted by Gasteiger charge is 2.40. The van der Waals surface area contributed by atoms with Gasteiger partial charge in [0, 0.05) is 12.7 Å². The minimum atomic E-state index is -0.746. The largest absolute Gasteiger partial charge is 0.391 e. The number of halogens is 3. The molecule has 0 radical (unpaired) electrons. The lowest BCUT2D eigenvalue weighted by Gasteiger charge is -2.15. The first kappa shape index (κ1) is 20.6. The van der Waals surface area contributed by atoms with Crippen LogP contribution >= 0.6 is 0 Å². The highest BCUT2D eigenvalue weighted by Crippen LogP contribution is 2.48. The summed E-state index contributed by atoms with van der Waals surface area (Å²) in [4.78, 5) is 3.69. The van der Waals surface area contributed by atoms with Gasteiger partial charge in [-0.25, -0.2) is 22.7 Å². The van der Waals surface area contributed by atoms with Crippen LogP contribution < -0.4 is 5.73 Å². The maximum absolute atomic E-state index is 14.5. The maximum atomic E-state index is 14.5. The predicted octanol–water partition coefficient (Wildman–Crippen LogP) is 3.61. The van der Waals surface area contributed by atoms with Crippen LogP contribution in [0.25, 0.3) is 16.8 Å². The molecule has 160 valence electrons. The topological polar surface area (TPSA) is 85.7 Å². The van der Waals surface area contributed by atoms with Crippen LogP contribution in [0.1, 0.15) is 38.2 Å². The van der Waals surface area contributed by atoms with E-state index in [0.717, 1.165) is 42.9 Å². The third kappa shape index (κ3) is 3.99. The van der Waals surface area contributed by atoms with Gasteiger partial charge in [0.2, 0.25) is 5.95 Å². The van der Waals surface area contributed by atoms with E-state index < -0.39 is 17.5 Å². The van der Waals surface area contributed by atoms with Crippen LogP contribution in [0.3, 0.4) is 0 Å². The molecule has 3 aromatic rings. The second kappa shape index (κ2) is 7.88. The van der Waals surface area contributed by atoms with E-state index in [1.807, 2.05) is 6.92 Å². The van der Waals surface area contributed by atoms with Crippen LogP contribution in [0.15, 0.2) is 24.4 Å². The third-order valence-electron chi connectivity index (χ3n) is 5.62. The molecule has 0 bridgehead atoms. The average Bonchev–Trinajstić information content (AvgIpc) is 3.38. The van der Waals surface area contributed by atoms with Gasteiger partial charge in [0.1, 0.15) is 17.2 Å². The molecule has 0 amide bonds. The van der Waals surface area contributed by atoms with Crippen LogP contribution in [-0.4, -0.2) is 39.0 Å². The Balaban J connectivity index is 0.000000265. The number of aliphatic hydroxyl groups excluding tert-OH is 1. The fraction of sp³-hybridized carbons (Fsp3) is 0.429. The van der Waals surface area contributed by atoms with Crippen molar-refractivity contribution in [2.45, 2.75) is 44.1 Å². The number of rotatable bonds is 2. The standard InChI is InChI=1S/C16H13F3N4.C5H10O2/c1-16(2-3-16)8-4-10(18)14(11(19)5-8)12-6-9(17)13-7-21-15(20)22-23(12)13;6-5-2-1-3-7-4-5/h4-7H,2-3H2,1H3,(H2,20,22);5-6H,1-4H2. The molecule has 0 spiro atoms. The number of ether oxygens (including phenoxy) is 1. The summed E-state index contributed by atoms with van der Waals surface area (Å²) in [5.74, 6) is -2.27. The van der Waals surface area contributed by atoms with Gasteiger partial charge in [-0.3, -0.25) is 0 Å². The van der Waals surface area contributed by atoms with Crippen molar-refractivity contribution in [3.63, 3.8) is 0 Å². The first-order chi connectivity index (χ1) is 14.3. The van der Waals surface area contributed by atoms with E-state index in [2.05, 4.69) is 10.1 Å². The number of aromatic nitrogens is 3. The molecule has 9 heteroatoms. The van der Waals surface area contributed by atoms with E-state index >= 15 is 0 Å². The van der Waals surface area contributed by atoms with Gasteiger partial charge in [-0.2, -0.15) is 0 Å². The van der Waals surface area contributed by atoms with E-state index in [1.165, 1.54) is 18.3 Å². The molecule has 5 rings (SSSR count). The first-order valence-corrected chi connectivity index (χ1v) is 9.84. The van der Waals surface area contributed by atoms with Gasteiger partial charge in [0.05, 0.1) is 30.2 Å². The summed E-state index contributed by atoms with van der Waals surface area (Å²) in [6.07, 6.45) is 4.72. The lowest BCUT2D eigenvalue weighted by molar-refractivity contribution is -0.00535. The van der Waals surface area contributed by atoms with Crippen molar-refractivity contribution in [1.82, 2.24) is 14.6 Å². The molecule has 3 heterocycles. The fourth-order valence-electron chi connectivity index (χ4n) is 3.51. The van der Waals surface area contributed by atoms with E-state index in [0.29, 0.717) is 12.2 Å². The summed E-state index contributed by atoms with van der Waals surface area (Å²) in [7, 11) is 0. The highest BCUT2D eigenvalue weighted by atomic mass is 19.1. The Morgan fingerprint density at radius 2 is 1.87 bits per heavy atom. The van der Waals surface area contributed by atoms with E-state index in [1.54, 1.807) is 0 Å².